The highest BCUT2D eigenvalue weighted by molar-refractivity contribution is 5.92. The average Bonchev–Trinajstić information content (AvgIpc) is 2.98. The third-order valence-electron chi connectivity index (χ3n) is 3.22. The largest absolute Gasteiger partial charge is 0.454 e. The molecule has 0 saturated carbocycles. The lowest BCUT2D eigenvalue weighted by Crippen LogP contribution is -2.30. The SMILES string of the molecule is O=C(CN1CCCC1)Nc1ccc2c(c1)OCO2. The molecule has 0 atom stereocenters. The highest BCUT2D eigenvalue weighted by Gasteiger charge is 2.17. The Bertz CT molecular complexity index is 456. The van der Waals surface area contributed by atoms with Gasteiger partial charge in [-0.05, 0) is 38.1 Å². The molecule has 5 heteroatoms. The first kappa shape index (κ1) is 11.3. The van der Waals surface area contributed by atoms with Crippen molar-refractivity contribution in [1.82, 2.24) is 4.90 Å². The second-order valence-corrected chi connectivity index (χ2v) is 4.60. The summed E-state index contributed by atoms with van der Waals surface area (Å²) in [5.41, 5.74) is 0.753. The third-order valence-corrected chi connectivity index (χ3v) is 3.22. The summed E-state index contributed by atoms with van der Waals surface area (Å²) >= 11 is 0. The molecule has 1 aromatic carbocycles. The Kier molecular flexibility index (Phi) is 3.06. The molecule has 2 aliphatic rings. The van der Waals surface area contributed by atoms with Crippen molar-refractivity contribution in [2.75, 3.05) is 31.7 Å². The Hall–Kier alpha value is -1.75. The number of hydrogen-bond acceptors (Lipinski definition) is 4. The van der Waals surface area contributed by atoms with Crippen molar-refractivity contribution in [1.29, 1.82) is 0 Å². The van der Waals surface area contributed by atoms with E-state index < -0.39 is 0 Å². The van der Waals surface area contributed by atoms with Crippen molar-refractivity contribution in [3.05, 3.63) is 18.2 Å². The molecule has 1 saturated heterocycles. The molecule has 2 heterocycles. The molecule has 1 fully saturated rings. The number of carbonyl (C=O) groups is 1. The van der Waals surface area contributed by atoms with Gasteiger partial charge in [0, 0.05) is 11.8 Å². The summed E-state index contributed by atoms with van der Waals surface area (Å²) in [6.45, 7) is 2.76. The van der Waals surface area contributed by atoms with Gasteiger partial charge in [-0.2, -0.15) is 0 Å². The van der Waals surface area contributed by atoms with E-state index in [0.717, 1.165) is 24.5 Å². The van der Waals surface area contributed by atoms with Crippen LogP contribution < -0.4 is 14.8 Å². The molecule has 0 aliphatic carbocycles. The van der Waals surface area contributed by atoms with Crippen LogP contribution in [0.1, 0.15) is 12.8 Å². The summed E-state index contributed by atoms with van der Waals surface area (Å²) < 4.78 is 10.5. The van der Waals surface area contributed by atoms with E-state index in [1.807, 2.05) is 12.1 Å². The van der Waals surface area contributed by atoms with Crippen LogP contribution in [-0.2, 0) is 4.79 Å². The summed E-state index contributed by atoms with van der Waals surface area (Å²) in [5, 5.41) is 2.88. The first-order chi connectivity index (χ1) is 8.81. The molecular formula is C13H16N2O3. The van der Waals surface area contributed by atoms with Crippen LogP contribution in [0.25, 0.3) is 0 Å². The fourth-order valence-corrected chi connectivity index (χ4v) is 2.32. The Labute approximate surface area is 106 Å². The highest BCUT2D eigenvalue weighted by atomic mass is 16.7. The van der Waals surface area contributed by atoms with Gasteiger partial charge in [-0.25, -0.2) is 0 Å². The van der Waals surface area contributed by atoms with Crippen LogP contribution in [0.2, 0.25) is 0 Å². The van der Waals surface area contributed by atoms with Crippen LogP contribution in [0.4, 0.5) is 5.69 Å². The molecule has 1 aromatic rings. The van der Waals surface area contributed by atoms with Gasteiger partial charge in [0.2, 0.25) is 12.7 Å². The molecule has 0 aromatic heterocycles. The van der Waals surface area contributed by atoms with Gasteiger partial charge in [-0.1, -0.05) is 0 Å². The minimum absolute atomic E-state index is 0.0239. The number of nitrogens with zero attached hydrogens (tertiary/aromatic N) is 1. The predicted octanol–water partition coefficient (Wildman–Crippen LogP) is 1.45. The molecular weight excluding hydrogens is 232 g/mol. The van der Waals surface area contributed by atoms with E-state index in [9.17, 15) is 4.79 Å². The predicted molar refractivity (Wildman–Crippen MR) is 66.9 cm³/mol. The zero-order valence-electron chi connectivity index (χ0n) is 10.1. The maximum absolute atomic E-state index is 11.8. The van der Waals surface area contributed by atoms with Crippen LogP contribution in [0.5, 0.6) is 11.5 Å². The van der Waals surface area contributed by atoms with Gasteiger partial charge < -0.3 is 14.8 Å². The number of amides is 1. The minimum atomic E-state index is 0.0239. The molecule has 0 bridgehead atoms. The second-order valence-electron chi connectivity index (χ2n) is 4.60. The standard InChI is InChI=1S/C13H16N2O3/c16-13(8-15-5-1-2-6-15)14-10-3-4-11-12(7-10)18-9-17-11/h3-4,7H,1-2,5-6,8-9H2,(H,14,16). The first-order valence-electron chi connectivity index (χ1n) is 6.23. The van der Waals surface area contributed by atoms with Crippen LogP contribution in [0.3, 0.4) is 0 Å². The van der Waals surface area contributed by atoms with E-state index in [2.05, 4.69) is 10.2 Å². The number of nitrogens with one attached hydrogen (secondary N) is 1. The van der Waals surface area contributed by atoms with Crippen molar-refractivity contribution in [2.24, 2.45) is 0 Å². The molecule has 1 amide bonds. The van der Waals surface area contributed by atoms with Crippen molar-refractivity contribution in [3.8, 4) is 11.5 Å². The number of carbonyl (C=O) groups excluding carboxylic acids is 1. The highest BCUT2D eigenvalue weighted by Crippen LogP contribution is 2.34. The lowest BCUT2D eigenvalue weighted by molar-refractivity contribution is -0.117. The number of rotatable bonds is 3. The summed E-state index contributed by atoms with van der Waals surface area (Å²) in [6, 6.07) is 5.44. The van der Waals surface area contributed by atoms with E-state index in [-0.39, 0.29) is 12.7 Å². The zero-order chi connectivity index (χ0) is 12.4. The number of benzene rings is 1. The van der Waals surface area contributed by atoms with Crippen LogP contribution >= 0.6 is 0 Å². The van der Waals surface area contributed by atoms with E-state index in [0.29, 0.717) is 12.3 Å². The van der Waals surface area contributed by atoms with E-state index in [4.69, 9.17) is 9.47 Å². The van der Waals surface area contributed by atoms with Gasteiger partial charge in [0.15, 0.2) is 11.5 Å². The third kappa shape index (κ3) is 2.41. The summed E-state index contributed by atoms with van der Waals surface area (Å²) in [5.74, 6) is 1.44. The normalized spacial score (nSPS) is 18.0. The van der Waals surface area contributed by atoms with E-state index >= 15 is 0 Å². The average molecular weight is 248 g/mol. The van der Waals surface area contributed by atoms with Crippen molar-refractivity contribution >= 4 is 11.6 Å². The topological polar surface area (TPSA) is 50.8 Å². The van der Waals surface area contributed by atoms with Gasteiger partial charge in [0.25, 0.3) is 0 Å². The Morgan fingerprint density at radius 2 is 2.00 bits per heavy atom. The molecule has 96 valence electrons. The van der Waals surface area contributed by atoms with Gasteiger partial charge >= 0.3 is 0 Å². The number of ether oxygens (including phenoxy) is 2. The first-order valence-corrected chi connectivity index (χ1v) is 6.23. The van der Waals surface area contributed by atoms with E-state index in [1.54, 1.807) is 6.07 Å². The molecule has 3 rings (SSSR count). The van der Waals surface area contributed by atoms with Crippen LogP contribution in [0.15, 0.2) is 18.2 Å². The lowest BCUT2D eigenvalue weighted by atomic mass is 10.2. The fraction of sp³-hybridized carbons (Fsp3) is 0.462. The molecule has 1 N–H and O–H groups in total. The maximum Gasteiger partial charge on any atom is 0.238 e. The van der Waals surface area contributed by atoms with Gasteiger partial charge in [-0.3, -0.25) is 9.69 Å². The summed E-state index contributed by atoms with van der Waals surface area (Å²) in [7, 11) is 0. The molecule has 5 nitrogen and oxygen atoms in total. The number of fused-ring (bicyclic) bond motifs is 1. The molecule has 18 heavy (non-hydrogen) atoms. The number of anilines is 1. The quantitative estimate of drug-likeness (QED) is 0.879. The van der Waals surface area contributed by atoms with Crippen LogP contribution in [0, 0.1) is 0 Å². The Morgan fingerprint density at radius 1 is 1.22 bits per heavy atom. The lowest BCUT2D eigenvalue weighted by Gasteiger charge is -2.14. The molecule has 0 unspecified atom stereocenters. The summed E-state index contributed by atoms with van der Waals surface area (Å²) in [6.07, 6.45) is 2.38. The smallest absolute Gasteiger partial charge is 0.238 e. The van der Waals surface area contributed by atoms with Gasteiger partial charge in [-0.15, -0.1) is 0 Å². The van der Waals surface area contributed by atoms with Crippen molar-refractivity contribution < 1.29 is 14.3 Å². The van der Waals surface area contributed by atoms with Crippen molar-refractivity contribution in [2.45, 2.75) is 12.8 Å². The monoisotopic (exact) mass is 248 g/mol. The maximum atomic E-state index is 11.8. The molecule has 0 spiro atoms. The number of hydrogen-bond donors (Lipinski definition) is 1. The van der Waals surface area contributed by atoms with Gasteiger partial charge in [0.1, 0.15) is 0 Å². The molecule has 0 radical (unpaired) electrons. The fourth-order valence-electron chi connectivity index (χ4n) is 2.32. The number of likely N-dealkylation sites (tertiary alicyclic amines) is 1. The van der Waals surface area contributed by atoms with Crippen molar-refractivity contribution in [3.63, 3.8) is 0 Å². The Balaban J connectivity index is 1.60. The van der Waals surface area contributed by atoms with Gasteiger partial charge in [0.05, 0.1) is 6.54 Å². The summed E-state index contributed by atoms with van der Waals surface area (Å²) in [4.78, 5) is 14.0. The van der Waals surface area contributed by atoms with E-state index in [1.165, 1.54) is 12.8 Å². The minimum Gasteiger partial charge on any atom is -0.454 e. The van der Waals surface area contributed by atoms with Crippen LogP contribution in [-0.4, -0.2) is 37.2 Å². The molecule has 2 aliphatic heterocycles. The zero-order valence-corrected chi connectivity index (χ0v) is 10.1. The Morgan fingerprint density at radius 3 is 2.83 bits per heavy atom. The second kappa shape index (κ2) is 4.86.